The number of sulfone groups is 1. The molecule has 7 nitrogen and oxygen atoms in total. The summed E-state index contributed by atoms with van der Waals surface area (Å²) in [6.07, 6.45) is 0.190. The third kappa shape index (κ3) is 3.56. The van der Waals surface area contributed by atoms with E-state index in [4.69, 9.17) is 21.1 Å². The van der Waals surface area contributed by atoms with Gasteiger partial charge in [-0.15, -0.1) is 11.6 Å². The van der Waals surface area contributed by atoms with Crippen LogP contribution in [0, 0.1) is 10.1 Å². The Labute approximate surface area is 127 Å². The van der Waals surface area contributed by atoms with Gasteiger partial charge in [0.15, 0.2) is 21.3 Å². The van der Waals surface area contributed by atoms with Crippen LogP contribution in [0.15, 0.2) is 17.0 Å². The highest BCUT2D eigenvalue weighted by molar-refractivity contribution is 7.92. The fraction of sp³-hybridized carbons (Fsp3) is 0.500. The second-order valence-electron chi connectivity index (χ2n) is 4.27. The van der Waals surface area contributed by atoms with Gasteiger partial charge in [0.25, 0.3) is 5.69 Å². The van der Waals surface area contributed by atoms with Crippen LogP contribution in [-0.4, -0.2) is 38.7 Å². The molecule has 0 aliphatic carbocycles. The molecule has 1 rings (SSSR count). The molecule has 0 N–H and O–H groups in total. The lowest BCUT2D eigenvalue weighted by atomic mass is 10.3. The molecular formula is C12H16ClNO6S. The molecule has 0 aromatic heterocycles. The maximum atomic E-state index is 12.5. The van der Waals surface area contributed by atoms with E-state index in [1.54, 1.807) is 0 Å². The predicted molar refractivity (Wildman–Crippen MR) is 78.2 cm³/mol. The predicted octanol–water partition coefficient (Wildman–Crippen LogP) is 2.40. The Morgan fingerprint density at radius 3 is 2.24 bits per heavy atom. The minimum atomic E-state index is -3.90. The van der Waals surface area contributed by atoms with Gasteiger partial charge >= 0.3 is 0 Å². The normalized spacial score (nSPS) is 12.8. The molecule has 0 aliphatic heterocycles. The molecule has 0 saturated carbocycles. The molecule has 0 heterocycles. The van der Waals surface area contributed by atoms with Crippen molar-refractivity contribution < 1.29 is 22.8 Å². The topological polar surface area (TPSA) is 95.7 Å². The van der Waals surface area contributed by atoms with Crippen molar-refractivity contribution in [2.75, 3.05) is 20.1 Å². The van der Waals surface area contributed by atoms with Crippen LogP contribution in [0.5, 0.6) is 11.5 Å². The fourth-order valence-electron chi connectivity index (χ4n) is 1.75. The lowest BCUT2D eigenvalue weighted by Gasteiger charge is -2.14. The van der Waals surface area contributed by atoms with E-state index in [-0.39, 0.29) is 23.8 Å². The highest BCUT2D eigenvalue weighted by Crippen LogP contribution is 2.38. The molecule has 1 atom stereocenters. The van der Waals surface area contributed by atoms with E-state index < -0.39 is 30.6 Å². The summed E-state index contributed by atoms with van der Waals surface area (Å²) in [6, 6.07) is 2.15. The van der Waals surface area contributed by atoms with Crippen molar-refractivity contribution in [2.45, 2.75) is 23.5 Å². The molecule has 0 bridgehead atoms. The molecule has 21 heavy (non-hydrogen) atoms. The lowest BCUT2D eigenvalue weighted by Crippen LogP contribution is -2.20. The number of hydrogen-bond acceptors (Lipinski definition) is 6. The van der Waals surface area contributed by atoms with Crippen LogP contribution in [0.25, 0.3) is 0 Å². The van der Waals surface area contributed by atoms with E-state index in [1.807, 2.05) is 0 Å². The summed E-state index contributed by atoms with van der Waals surface area (Å²) in [6.45, 7) is 1.46. The quantitative estimate of drug-likeness (QED) is 0.430. The van der Waals surface area contributed by atoms with Crippen molar-refractivity contribution >= 4 is 27.1 Å². The Balaban J connectivity index is 3.57. The first-order valence-corrected chi connectivity index (χ1v) is 8.08. The Bertz CT molecular complexity index is 631. The number of ether oxygens (including phenoxy) is 2. The second kappa shape index (κ2) is 6.95. The number of nitro groups is 1. The van der Waals surface area contributed by atoms with E-state index in [9.17, 15) is 18.5 Å². The molecule has 9 heteroatoms. The van der Waals surface area contributed by atoms with Crippen molar-refractivity contribution in [3.05, 3.63) is 22.2 Å². The number of alkyl halides is 1. The number of nitrogens with zero attached hydrogens (tertiary/aromatic N) is 1. The van der Waals surface area contributed by atoms with E-state index >= 15 is 0 Å². The Morgan fingerprint density at radius 1 is 1.29 bits per heavy atom. The van der Waals surface area contributed by atoms with E-state index in [0.29, 0.717) is 0 Å². The van der Waals surface area contributed by atoms with E-state index in [1.165, 1.54) is 21.1 Å². The van der Waals surface area contributed by atoms with Crippen molar-refractivity contribution in [1.29, 1.82) is 0 Å². The summed E-state index contributed by atoms with van der Waals surface area (Å²) >= 11 is 5.56. The largest absolute Gasteiger partial charge is 0.493 e. The number of methoxy groups -OCH3 is 2. The summed E-state index contributed by atoms with van der Waals surface area (Å²) in [5.74, 6) is 0.342. The Kier molecular flexibility index (Phi) is 5.79. The summed E-state index contributed by atoms with van der Waals surface area (Å²) in [5, 5.41) is 10.3. The number of hydrogen-bond donors (Lipinski definition) is 0. The smallest absolute Gasteiger partial charge is 0.291 e. The van der Waals surface area contributed by atoms with Gasteiger partial charge in [-0.05, 0) is 13.3 Å². The SMILES string of the molecule is COc1cc([N+](=O)[O-])c(S(=O)(=O)C(C)CCCl)cc1OC. The molecule has 1 aromatic carbocycles. The lowest BCUT2D eigenvalue weighted by molar-refractivity contribution is -0.387. The van der Waals surface area contributed by atoms with Gasteiger partial charge in [-0.25, -0.2) is 8.42 Å². The van der Waals surface area contributed by atoms with Crippen LogP contribution in [0.4, 0.5) is 5.69 Å². The number of halogens is 1. The minimum absolute atomic E-state index is 0.0909. The van der Waals surface area contributed by atoms with Crippen LogP contribution < -0.4 is 9.47 Å². The molecule has 0 spiro atoms. The van der Waals surface area contributed by atoms with Gasteiger partial charge in [0.1, 0.15) is 4.90 Å². The maximum Gasteiger partial charge on any atom is 0.291 e. The first kappa shape index (κ1) is 17.5. The molecule has 0 saturated heterocycles. The van der Waals surface area contributed by atoms with E-state index in [2.05, 4.69) is 0 Å². The van der Waals surface area contributed by atoms with Crippen LogP contribution in [0.1, 0.15) is 13.3 Å². The van der Waals surface area contributed by atoms with Crippen molar-refractivity contribution in [1.82, 2.24) is 0 Å². The van der Waals surface area contributed by atoms with E-state index in [0.717, 1.165) is 12.1 Å². The maximum absolute atomic E-state index is 12.5. The Morgan fingerprint density at radius 2 is 1.81 bits per heavy atom. The molecular weight excluding hydrogens is 322 g/mol. The monoisotopic (exact) mass is 337 g/mol. The van der Waals surface area contributed by atoms with Crippen LogP contribution >= 0.6 is 11.6 Å². The molecule has 0 amide bonds. The van der Waals surface area contributed by atoms with Gasteiger partial charge < -0.3 is 9.47 Å². The second-order valence-corrected chi connectivity index (χ2v) is 6.98. The highest BCUT2D eigenvalue weighted by atomic mass is 35.5. The molecule has 0 radical (unpaired) electrons. The molecule has 1 aromatic rings. The molecule has 0 fully saturated rings. The van der Waals surface area contributed by atoms with Crippen LogP contribution in [0.3, 0.4) is 0 Å². The van der Waals surface area contributed by atoms with Crippen molar-refractivity contribution in [2.24, 2.45) is 0 Å². The molecule has 0 aliphatic rings. The highest BCUT2D eigenvalue weighted by Gasteiger charge is 2.32. The van der Waals surface area contributed by atoms with Crippen LogP contribution in [-0.2, 0) is 9.84 Å². The zero-order valence-corrected chi connectivity index (χ0v) is 13.4. The summed E-state index contributed by atoms with van der Waals surface area (Å²) < 4.78 is 34.9. The molecule has 118 valence electrons. The zero-order chi connectivity index (χ0) is 16.2. The zero-order valence-electron chi connectivity index (χ0n) is 11.8. The summed E-state index contributed by atoms with van der Waals surface area (Å²) in [7, 11) is -1.26. The third-order valence-corrected chi connectivity index (χ3v) is 5.47. The first-order chi connectivity index (χ1) is 9.79. The fourth-order valence-corrected chi connectivity index (χ4v) is 3.76. The van der Waals surface area contributed by atoms with Gasteiger partial charge in [0, 0.05) is 11.9 Å². The van der Waals surface area contributed by atoms with Gasteiger partial charge in [0.05, 0.1) is 30.5 Å². The van der Waals surface area contributed by atoms with Gasteiger partial charge in [-0.2, -0.15) is 0 Å². The van der Waals surface area contributed by atoms with Gasteiger partial charge in [0.2, 0.25) is 0 Å². The average molecular weight is 338 g/mol. The standard InChI is InChI=1S/C12H16ClNO6S/c1-8(4-5-13)21(17,18)12-7-11(20-3)10(19-2)6-9(12)14(15)16/h6-8H,4-5H2,1-3H3. The van der Waals surface area contributed by atoms with Crippen LogP contribution in [0.2, 0.25) is 0 Å². The summed E-state index contributed by atoms with van der Waals surface area (Å²) in [5.41, 5.74) is -0.547. The van der Waals surface area contributed by atoms with Gasteiger partial charge in [-0.1, -0.05) is 0 Å². The van der Waals surface area contributed by atoms with Crippen molar-refractivity contribution in [3.63, 3.8) is 0 Å². The average Bonchev–Trinajstić information content (AvgIpc) is 2.45. The van der Waals surface area contributed by atoms with Crippen molar-refractivity contribution in [3.8, 4) is 11.5 Å². The summed E-state index contributed by atoms with van der Waals surface area (Å²) in [4.78, 5) is 9.97. The number of rotatable bonds is 7. The Hall–Kier alpha value is -1.54. The number of nitro benzene ring substituents is 1. The minimum Gasteiger partial charge on any atom is -0.493 e. The molecule has 1 unspecified atom stereocenters. The first-order valence-electron chi connectivity index (χ1n) is 5.99. The third-order valence-electron chi connectivity index (χ3n) is 3.01. The number of benzene rings is 1. The van der Waals surface area contributed by atoms with Gasteiger partial charge in [-0.3, -0.25) is 10.1 Å².